The molecule has 6 heteroatoms. The smallest absolute Gasteiger partial charge is 0.163 e. The molecule has 3 nitrogen and oxygen atoms in total. The van der Waals surface area contributed by atoms with Crippen molar-refractivity contribution in [3.05, 3.63) is 35.1 Å². The highest BCUT2D eigenvalue weighted by molar-refractivity contribution is 5.25. The van der Waals surface area contributed by atoms with E-state index in [9.17, 15) is 13.2 Å². The zero-order chi connectivity index (χ0) is 13.8. The Morgan fingerprint density at radius 3 is 2.58 bits per heavy atom. The molecule has 0 radical (unpaired) electrons. The van der Waals surface area contributed by atoms with E-state index < -0.39 is 23.5 Å². The molecule has 1 aromatic carbocycles. The van der Waals surface area contributed by atoms with E-state index in [1.54, 1.807) is 0 Å². The third-order valence-corrected chi connectivity index (χ3v) is 3.26. The Balaban J connectivity index is 2.35. The molecule has 0 unspecified atom stereocenters. The van der Waals surface area contributed by atoms with Crippen molar-refractivity contribution in [3.8, 4) is 6.07 Å². The van der Waals surface area contributed by atoms with E-state index in [0.717, 1.165) is 6.07 Å². The average Bonchev–Trinajstić information content (AvgIpc) is 2.41. The van der Waals surface area contributed by atoms with Crippen molar-refractivity contribution >= 4 is 0 Å². The summed E-state index contributed by atoms with van der Waals surface area (Å²) in [6, 6.07) is 2.83. The molecule has 1 heterocycles. The Kier molecular flexibility index (Phi) is 4.40. The van der Waals surface area contributed by atoms with Gasteiger partial charge in [0.2, 0.25) is 0 Å². The second kappa shape index (κ2) is 6.04. The van der Waals surface area contributed by atoms with Gasteiger partial charge in [0.1, 0.15) is 5.82 Å². The van der Waals surface area contributed by atoms with Gasteiger partial charge in [-0.15, -0.1) is 0 Å². The van der Waals surface area contributed by atoms with Gasteiger partial charge < -0.3 is 5.32 Å². The maximum atomic E-state index is 13.8. The van der Waals surface area contributed by atoms with Crippen molar-refractivity contribution in [1.29, 1.82) is 5.26 Å². The molecule has 1 N–H and O–H groups in total. The van der Waals surface area contributed by atoms with Gasteiger partial charge in [0, 0.05) is 37.8 Å². The van der Waals surface area contributed by atoms with Gasteiger partial charge in [-0.3, -0.25) is 4.90 Å². The summed E-state index contributed by atoms with van der Waals surface area (Å²) >= 11 is 0. The highest BCUT2D eigenvalue weighted by Gasteiger charge is 2.26. The Morgan fingerprint density at radius 1 is 1.26 bits per heavy atom. The lowest BCUT2D eigenvalue weighted by Gasteiger charge is -2.34. The van der Waals surface area contributed by atoms with Gasteiger partial charge in [-0.25, -0.2) is 13.2 Å². The summed E-state index contributed by atoms with van der Waals surface area (Å²) in [5.41, 5.74) is -0.0825. The van der Waals surface area contributed by atoms with Gasteiger partial charge in [-0.05, 0) is 6.07 Å². The predicted molar refractivity (Wildman–Crippen MR) is 63.7 cm³/mol. The van der Waals surface area contributed by atoms with Crippen LogP contribution >= 0.6 is 0 Å². The van der Waals surface area contributed by atoms with Crippen molar-refractivity contribution in [3.63, 3.8) is 0 Å². The molecule has 1 aliphatic heterocycles. The zero-order valence-corrected chi connectivity index (χ0v) is 10.3. The van der Waals surface area contributed by atoms with E-state index in [1.165, 1.54) is 0 Å². The largest absolute Gasteiger partial charge is 0.314 e. The van der Waals surface area contributed by atoms with Crippen molar-refractivity contribution < 1.29 is 13.2 Å². The van der Waals surface area contributed by atoms with Crippen molar-refractivity contribution in [2.24, 2.45) is 0 Å². The summed E-state index contributed by atoms with van der Waals surface area (Å²) in [6.45, 7) is 2.65. The fraction of sp³-hybridized carbons (Fsp3) is 0.462. The molecule has 0 aliphatic carbocycles. The fourth-order valence-corrected chi connectivity index (χ4v) is 2.33. The van der Waals surface area contributed by atoms with Crippen molar-refractivity contribution in [2.45, 2.75) is 12.5 Å². The van der Waals surface area contributed by atoms with Crippen LogP contribution in [0.3, 0.4) is 0 Å². The number of hydrogen-bond donors (Lipinski definition) is 1. The fourth-order valence-electron chi connectivity index (χ4n) is 2.33. The number of halogens is 3. The van der Waals surface area contributed by atoms with Crippen LogP contribution in [0.1, 0.15) is 18.0 Å². The minimum atomic E-state index is -1.21. The summed E-state index contributed by atoms with van der Waals surface area (Å²) in [4.78, 5) is 1.87. The van der Waals surface area contributed by atoms with Crippen LogP contribution in [0, 0.1) is 28.8 Å². The molecule has 1 saturated heterocycles. The molecule has 0 spiro atoms. The number of nitrogens with zero attached hydrogens (tertiary/aromatic N) is 2. The second-order valence-corrected chi connectivity index (χ2v) is 4.45. The van der Waals surface area contributed by atoms with Crippen molar-refractivity contribution in [2.75, 3.05) is 26.2 Å². The Morgan fingerprint density at radius 2 is 1.95 bits per heavy atom. The molecule has 102 valence electrons. The summed E-state index contributed by atoms with van der Waals surface area (Å²) in [6.07, 6.45) is -0.000185. The SMILES string of the molecule is N#CC[C@H](c1cc(F)cc(F)c1F)N1CCNCC1. The van der Waals surface area contributed by atoms with E-state index in [1.807, 2.05) is 11.0 Å². The quantitative estimate of drug-likeness (QED) is 0.853. The van der Waals surface area contributed by atoms with Gasteiger partial charge in [0.05, 0.1) is 18.5 Å². The van der Waals surface area contributed by atoms with Crippen molar-refractivity contribution in [1.82, 2.24) is 10.2 Å². The minimum absolute atomic E-state index is 0.000185. The van der Waals surface area contributed by atoms with Gasteiger partial charge in [0.15, 0.2) is 11.6 Å². The van der Waals surface area contributed by atoms with Crippen LogP contribution in [-0.4, -0.2) is 31.1 Å². The lowest BCUT2D eigenvalue weighted by Crippen LogP contribution is -2.45. The Labute approximate surface area is 109 Å². The topological polar surface area (TPSA) is 39.1 Å². The average molecular weight is 269 g/mol. The number of hydrogen-bond acceptors (Lipinski definition) is 3. The first-order valence-corrected chi connectivity index (χ1v) is 6.09. The Hall–Kier alpha value is -1.58. The predicted octanol–water partition coefficient (Wildman–Crippen LogP) is 1.96. The van der Waals surface area contributed by atoms with Gasteiger partial charge in [0.25, 0.3) is 0 Å². The molecular formula is C13H14F3N3. The first kappa shape index (κ1) is 13.8. The molecular weight excluding hydrogens is 255 g/mol. The first-order chi connectivity index (χ1) is 9.13. The van der Waals surface area contributed by atoms with Crippen LogP contribution in [0.4, 0.5) is 13.2 Å². The molecule has 0 bridgehead atoms. The molecule has 1 aromatic rings. The third-order valence-electron chi connectivity index (χ3n) is 3.26. The van der Waals surface area contributed by atoms with E-state index in [2.05, 4.69) is 5.32 Å². The van der Waals surface area contributed by atoms with Crippen LogP contribution in [0.5, 0.6) is 0 Å². The standard InChI is InChI=1S/C13H14F3N3/c14-9-7-10(13(16)11(15)8-9)12(1-2-17)19-5-3-18-4-6-19/h7-8,12,18H,1,3-6H2/t12-/m1/s1. The maximum absolute atomic E-state index is 13.8. The molecule has 1 aliphatic rings. The van der Waals surface area contributed by atoms with Gasteiger partial charge in [-0.1, -0.05) is 0 Å². The number of rotatable bonds is 3. The summed E-state index contributed by atoms with van der Waals surface area (Å²) < 4.78 is 40.4. The minimum Gasteiger partial charge on any atom is -0.314 e. The molecule has 1 fully saturated rings. The molecule has 1 atom stereocenters. The highest BCUT2D eigenvalue weighted by atomic mass is 19.2. The van der Waals surface area contributed by atoms with Gasteiger partial charge >= 0.3 is 0 Å². The number of benzene rings is 1. The summed E-state index contributed by atoms with van der Waals surface area (Å²) in [7, 11) is 0. The monoisotopic (exact) mass is 269 g/mol. The first-order valence-electron chi connectivity index (χ1n) is 6.09. The second-order valence-electron chi connectivity index (χ2n) is 4.45. The van der Waals surface area contributed by atoms with E-state index >= 15 is 0 Å². The maximum Gasteiger partial charge on any atom is 0.163 e. The number of nitriles is 1. The normalized spacial score (nSPS) is 18.0. The van der Waals surface area contributed by atoms with Gasteiger partial charge in [-0.2, -0.15) is 5.26 Å². The number of piperazine rings is 1. The van der Waals surface area contributed by atoms with E-state index in [0.29, 0.717) is 32.2 Å². The zero-order valence-electron chi connectivity index (χ0n) is 10.3. The molecule has 2 rings (SSSR count). The van der Waals surface area contributed by atoms with E-state index in [4.69, 9.17) is 5.26 Å². The van der Waals surface area contributed by atoms with Crippen LogP contribution < -0.4 is 5.32 Å². The molecule has 0 saturated carbocycles. The molecule has 0 aromatic heterocycles. The lowest BCUT2D eigenvalue weighted by molar-refractivity contribution is 0.171. The third kappa shape index (κ3) is 3.06. The number of nitrogens with one attached hydrogen (secondary N) is 1. The van der Waals surface area contributed by atoms with Crippen LogP contribution in [0.25, 0.3) is 0 Å². The van der Waals surface area contributed by atoms with Crippen LogP contribution in [0.2, 0.25) is 0 Å². The van der Waals surface area contributed by atoms with Crippen LogP contribution in [-0.2, 0) is 0 Å². The van der Waals surface area contributed by atoms with Crippen LogP contribution in [0.15, 0.2) is 12.1 Å². The highest BCUT2D eigenvalue weighted by Crippen LogP contribution is 2.28. The van der Waals surface area contributed by atoms with E-state index in [-0.39, 0.29) is 12.0 Å². The Bertz CT molecular complexity index is 493. The molecule has 0 amide bonds. The molecule has 19 heavy (non-hydrogen) atoms. The summed E-state index contributed by atoms with van der Waals surface area (Å²) in [5.74, 6) is -3.11. The summed E-state index contributed by atoms with van der Waals surface area (Å²) in [5, 5.41) is 12.0. The lowest BCUT2D eigenvalue weighted by atomic mass is 10.0.